The third-order valence-electron chi connectivity index (χ3n) is 20.7. The molecule has 27 nitrogen and oxygen atoms in total. The summed E-state index contributed by atoms with van der Waals surface area (Å²) in [6.07, 6.45) is 27.1. The zero-order chi connectivity index (χ0) is 88.1. The van der Waals surface area contributed by atoms with Crippen LogP contribution in [0.1, 0.15) is 379 Å². The third kappa shape index (κ3) is 40.8. The van der Waals surface area contributed by atoms with E-state index < -0.39 is 70.7 Å². The number of azide groups is 3. The predicted octanol–water partition coefficient (Wildman–Crippen LogP) is 24.5. The first kappa shape index (κ1) is 104. The summed E-state index contributed by atoms with van der Waals surface area (Å²) in [5.74, 6) is -3.12. The fourth-order valence-corrected chi connectivity index (χ4v) is 14.2. The molecule has 0 fully saturated rings. The Kier molecular flexibility index (Phi) is 50.5. The Morgan fingerprint density at radius 3 is 0.708 bits per heavy atom. The van der Waals surface area contributed by atoms with E-state index in [1.165, 1.54) is 0 Å². The number of unbranched alkanes of at least 4 members (excludes halogenated alkanes) is 24. The highest BCUT2D eigenvalue weighted by atomic mass is 16.7. The van der Waals surface area contributed by atoms with Gasteiger partial charge < -0.3 is 28.4 Å². The molecule has 0 amide bonds. The molecule has 0 heterocycles. The van der Waals surface area contributed by atoms with E-state index in [1.807, 2.05) is 135 Å². The van der Waals surface area contributed by atoms with Gasteiger partial charge in [-0.25, -0.2) is 28.8 Å². The zero-order valence-electron chi connectivity index (χ0n) is 75.2. The lowest BCUT2D eigenvalue weighted by atomic mass is 9.98. The number of ether oxygens (including phenoxy) is 6. The number of carbonyl (C=O) groups excluding carboxylic acids is 6. The zero-order valence-corrected chi connectivity index (χ0v) is 75.2. The second-order valence-electron chi connectivity index (χ2n) is 34.2. The van der Waals surface area contributed by atoms with Crippen molar-refractivity contribution in [3.63, 3.8) is 0 Å². The number of nitrogens with zero attached hydrogens (tertiary/aromatic N) is 12. The lowest BCUT2D eigenvalue weighted by Crippen LogP contribution is -2.47. The topological polar surface area (TPSA) is 341 Å². The summed E-state index contributed by atoms with van der Waals surface area (Å²) >= 11 is 0. The van der Waals surface area contributed by atoms with Crippen molar-refractivity contribution in [2.75, 3.05) is 39.5 Å². The minimum Gasteiger partial charge on any atom is -0.464 e. The van der Waals surface area contributed by atoms with Crippen molar-refractivity contribution in [2.24, 2.45) is 15.3 Å². The van der Waals surface area contributed by atoms with Gasteiger partial charge in [0.2, 0.25) is 0 Å². The van der Waals surface area contributed by atoms with E-state index >= 15 is 0 Å². The van der Waals surface area contributed by atoms with E-state index in [9.17, 15) is 28.8 Å². The van der Waals surface area contributed by atoms with E-state index in [2.05, 4.69) is 30.1 Å². The van der Waals surface area contributed by atoms with E-state index in [0.29, 0.717) is 92.1 Å². The van der Waals surface area contributed by atoms with Gasteiger partial charge in [-0.15, -0.1) is 0 Å². The molecular weight excluding hydrogens is 1530 g/mol. The minimum atomic E-state index is -0.882. The average Bonchev–Trinajstić information content (AvgIpc) is 0.822. The lowest BCUT2D eigenvalue weighted by molar-refractivity contribution is -0.265. The molecule has 0 radical (unpaired) electrons. The van der Waals surface area contributed by atoms with E-state index in [-0.39, 0.29) is 37.9 Å². The summed E-state index contributed by atoms with van der Waals surface area (Å²) in [5, 5.41) is 16.3. The maximum Gasteiger partial charge on any atom is 0.338 e. The first-order valence-corrected chi connectivity index (χ1v) is 44.3. The second-order valence-corrected chi connectivity index (χ2v) is 34.2. The molecule has 0 aliphatic rings. The van der Waals surface area contributed by atoms with Crippen LogP contribution in [-0.2, 0) is 77.1 Å². The van der Waals surface area contributed by atoms with Crippen LogP contribution in [0.4, 0.5) is 0 Å². The Morgan fingerprint density at radius 2 is 0.517 bits per heavy atom. The summed E-state index contributed by atoms with van der Waals surface area (Å²) in [7, 11) is 0. The minimum absolute atomic E-state index is 0.189. The van der Waals surface area contributed by atoms with Crippen LogP contribution >= 0.6 is 0 Å². The predicted molar refractivity (Wildman–Crippen MR) is 468 cm³/mol. The molecule has 0 bridgehead atoms. The number of hydrogen-bond donors (Lipinski definition) is 0. The second kappa shape index (κ2) is 58.4. The summed E-state index contributed by atoms with van der Waals surface area (Å²) in [6.45, 7) is 31.3. The van der Waals surface area contributed by atoms with Crippen molar-refractivity contribution in [1.82, 2.24) is 15.2 Å². The molecule has 4 rings (SSSR count). The number of hydrogen-bond acceptors (Lipinski definition) is 21. The van der Waals surface area contributed by atoms with Crippen molar-refractivity contribution in [1.29, 1.82) is 0 Å². The summed E-state index contributed by atoms with van der Waals surface area (Å²) < 4.78 is 35.0. The van der Waals surface area contributed by atoms with Gasteiger partial charge in [-0.1, -0.05) is 207 Å². The molecular formula is C93H144N12O15. The molecule has 0 aliphatic heterocycles. The Balaban J connectivity index is 1.48. The van der Waals surface area contributed by atoms with Gasteiger partial charge in [-0.2, -0.15) is 15.2 Å². The van der Waals surface area contributed by atoms with Gasteiger partial charge in [0.15, 0.2) is 18.3 Å². The molecule has 4 aromatic rings. The third-order valence-corrected chi connectivity index (χ3v) is 20.7. The van der Waals surface area contributed by atoms with Gasteiger partial charge in [-0.3, -0.25) is 14.5 Å². The van der Waals surface area contributed by atoms with Crippen molar-refractivity contribution in [3.8, 4) is 0 Å². The summed E-state index contributed by atoms with van der Waals surface area (Å²) in [5.41, 5.74) is 28.8. The maximum absolute atomic E-state index is 14.0. The van der Waals surface area contributed by atoms with Gasteiger partial charge in [-0.05, 0) is 245 Å². The number of carbonyl (C=O) groups is 6. The highest BCUT2D eigenvalue weighted by molar-refractivity contribution is 5.90. The monoisotopic (exact) mass is 1670 g/mol. The van der Waals surface area contributed by atoms with Crippen LogP contribution in [0.2, 0.25) is 0 Å². The standard InChI is InChI=1S/C93H144N12O15/c1-16-82(103(91(7,8)9)118-70(4)85(106)112-61-43-37-31-25-19-22-28-34-40-58-97-100-94)76-46-52-79(53-47-76)88(109)115-67-73-64-74(68-116-89(110)80-54-48-77(49-55-80)83(17-2)104(92(10,11)12)119-71(5)86(107)113-62-44-38-32-26-20-23-29-35-41-59-98-101-95)66-75(65-73)69-117-90(111)81-56-50-78(51-57-81)84(18-3)105(93(13,14)15)120-72(6)87(108)114-63-45-39-33-27-21-24-30-36-42-60-99-102-96/h46-57,64-66,70-72,82-84H,16-45,58-63,67-69H2,1-15H3. The van der Waals surface area contributed by atoms with Gasteiger partial charge in [0.1, 0.15) is 19.8 Å². The van der Waals surface area contributed by atoms with Crippen LogP contribution < -0.4 is 0 Å². The maximum atomic E-state index is 14.0. The fourth-order valence-electron chi connectivity index (χ4n) is 14.2. The Morgan fingerprint density at radius 1 is 0.317 bits per heavy atom. The highest BCUT2D eigenvalue weighted by Crippen LogP contribution is 2.37. The molecule has 0 spiro atoms. The Hall–Kier alpha value is -8.61. The molecule has 0 N–H and O–H groups in total. The quantitative estimate of drug-likeness (QED) is 0.00753. The van der Waals surface area contributed by atoms with Gasteiger partial charge >= 0.3 is 35.8 Å². The number of benzene rings is 4. The fraction of sp³-hybridized carbons (Fsp3) is 0.677. The molecule has 4 aromatic carbocycles. The summed E-state index contributed by atoms with van der Waals surface area (Å²) in [6, 6.07) is 25.7. The molecule has 0 saturated carbocycles. The van der Waals surface area contributed by atoms with Crippen LogP contribution in [0.3, 0.4) is 0 Å². The molecule has 666 valence electrons. The number of rotatable bonds is 63. The normalized spacial score (nSPS) is 13.2. The van der Waals surface area contributed by atoms with Crippen molar-refractivity contribution >= 4 is 35.8 Å². The molecule has 0 aliphatic carbocycles. The smallest absolute Gasteiger partial charge is 0.338 e. The van der Waals surface area contributed by atoms with Crippen LogP contribution in [0.25, 0.3) is 31.3 Å². The van der Waals surface area contributed by atoms with Crippen molar-refractivity contribution in [3.05, 3.63) is 172 Å². The van der Waals surface area contributed by atoms with E-state index in [1.54, 1.807) is 75.4 Å². The SMILES string of the molecule is CCC(c1ccc(C(=O)OCc2cc(COC(=O)c3ccc(C(CC)N(OC(C)C(=O)OCCCCCCCCCCCN=[N+]=[N-])C(C)(C)C)cc3)cc(COC(=O)c3ccc(C(CC)N(OC(C)C(=O)OCCCCCCCCCCCN=[N+]=[N-])C(C)(C)C)cc3)c2)cc1)N(OC(C)C(=O)OCCCCCCCCCCCN=[N+]=[N-])C(C)(C)C. The first-order chi connectivity index (χ1) is 57.5. The molecule has 0 saturated heterocycles. The van der Waals surface area contributed by atoms with Crippen molar-refractivity contribution in [2.45, 2.75) is 369 Å². The van der Waals surface area contributed by atoms with E-state index in [0.717, 1.165) is 190 Å². The van der Waals surface area contributed by atoms with E-state index in [4.69, 9.17) is 59.5 Å². The largest absolute Gasteiger partial charge is 0.464 e. The molecule has 6 atom stereocenters. The average molecular weight is 1670 g/mol. The van der Waals surface area contributed by atoms with Crippen LogP contribution in [0.15, 0.2) is 106 Å². The Labute approximate surface area is 715 Å². The molecule has 0 aromatic heterocycles. The van der Waals surface area contributed by atoms with Crippen molar-refractivity contribution < 1.29 is 71.7 Å². The number of hydroxylamine groups is 6. The van der Waals surface area contributed by atoms with Gasteiger partial charge in [0, 0.05) is 51.0 Å². The molecule has 6 unspecified atom stereocenters. The van der Waals surface area contributed by atoms with Crippen LogP contribution in [0.5, 0.6) is 0 Å². The number of esters is 6. The summed E-state index contributed by atoms with van der Waals surface area (Å²) in [4.78, 5) is 110. The highest BCUT2D eigenvalue weighted by Gasteiger charge is 2.37. The van der Waals surface area contributed by atoms with Gasteiger partial charge in [0.25, 0.3) is 0 Å². The van der Waals surface area contributed by atoms with Crippen LogP contribution in [-0.4, -0.2) is 125 Å². The Bertz CT molecular complexity index is 3370. The lowest BCUT2D eigenvalue weighted by Gasteiger charge is -2.41. The van der Waals surface area contributed by atoms with Gasteiger partial charge in [0.05, 0.1) is 54.6 Å². The molecule has 120 heavy (non-hydrogen) atoms. The first-order valence-electron chi connectivity index (χ1n) is 44.3. The van der Waals surface area contributed by atoms with Crippen LogP contribution in [0, 0.1) is 0 Å². The molecule has 27 heteroatoms.